The van der Waals surface area contributed by atoms with Crippen molar-refractivity contribution in [3.8, 4) is 0 Å². The highest BCUT2D eigenvalue weighted by molar-refractivity contribution is 6.00. The van der Waals surface area contributed by atoms with Gasteiger partial charge in [-0.3, -0.25) is 5.32 Å². The van der Waals surface area contributed by atoms with Crippen molar-refractivity contribution >= 4 is 29.2 Å². The van der Waals surface area contributed by atoms with Gasteiger partial charge in [0.25, 0.3) is 0 Å². The highest BCUT2D eigenvalue weighted by Gasteiger charge is 2.08. The van der Waals surface area contributed by atoms with E-state index in [1.165, 1.54) is 0 Å². The molecule has 0 unspecified atom stereocenters. The smallest absolute Gasteiger partial charge is 0.411 e. The van der Waals surface area contributed by atoms with Crippen molar-refractivity contribution in [1.82, 2.24) is 0 Å². The molecule has 0 saturated heterocycles. The van der Waals surface area contributed by atoms with Crippen molar-refractivity contribution in [2.45, 2.75) is 39.5 Å². The number of carbonyl (C=O) groups is 2. The molecule has 6 nitrogen and oxygen atoms in total. The molecular formula is C21H27N3O3. The number of nitrogens with one attached hydrogen (secondary N) is 3. The second-order valence-electron chi connectivity index (χ2n) is 6.30. The Morgan fingerprint density at radius 1 is 0.889 bits per heavy atom. The van der Waals surface area contributed by atoms with Gasteiger partial charge in [0.05, 0.1) is 6.61 Å². The van der Waals surface area contributed by atoms with Crippen molar-refractivity contribution in [1.29, 1.82) is 0 Å². The van der Waals surface area contributed by atoms with Crippen molar-refractivity contribution in [3.63, 3.8) is 0 Å². The molecule has 3 N–H and O–H groups in total. The molecule has 0 aliphatic heterocycles. The van der Waals surface area contributed by atoms with Crippen LogP contribution in [0.1, 0.15) is 38.2 Å². The van der Waals surface area contributed by atoms with Crippen molar-refractivity contribution in [2.24, 2.45) is 0 Å². The Morgan fingerprint density at radius 2 is 1.67 bits per heavy atom. The molecule has 0 aliphatic carbocycles. The van der Waals surface area contributed by atoms with Crippen molar-refractivity contribution < 1.29 is 14.3 Å². The summed E-state index contributed by atoms with van der Waals surface area (Å²) in [5.74, 6) is 0. The molecule has 0 saturated carbocycles. The lowest BCUT2D eigenvalue weighted by Crippen LogP contribution is -2.20. The molecular weight excluding hydrogens is 342 g/mol. The zero-order valence-electron chi connectivity index (χ0n) is 15.9. The number of ether oxygens (including phenoxy) is 1. The van der Waals surface area contributed by atoms with Crippen LogP contribution in [0, 0.1) is 6.92 Å². The van der Waals surface area contributed by atoms with E-state index in [1.807, 2.05) is 31.2 Å². The Morgan fingerprint density at radius 3 is 2.41 bits per heavy atom. The molecule has 2 aromatic carbocycles. The van der Waals surface area contributed by atoms with Gasteiger partial charge < -0.3 is 15.4 Å². The first kappa shape index (κ1) is 20.3. The SMILES string of the molecule is CCCCCCOC(=O)Nc1ccc(C)c(NC(=O)Nc2ccccc2)c1. The van der Waals surface area contributed by atoms with E-state index in [1.54, 1.807) is 24.3 Å². The van der Waals surface area contributed by atoms with E-state index < -0.39 is 6.09 Å². The number of rotatable bonds is 8. The normalized spacial score (nSPS) is 10.1. The van der Waals surface area contributed by atoms with Gasteiger partial charge in [0.2, 0.25) is 0 Å². The van der Waals surface area contributed by atoms with Crippen molar-refractivity contribution in [2.75, 3.05) is 22.6 Å². The van der Waals surface area contributed by atoms with Crippen LogP contribution in [0.15, 0.2) is 48.5 Å². The lowest BCUT2D eigenvalue weighted by molar-refractivity contribution is 0.159. The first-order valence-corrected chi connectivity index (χ1v) is 9.26. The van der Waals surface area contributed by atoms with Gasteiger partial charge in [-0.05, 0) is 43.2 Å². The summed E-state index contributed by atoms with van der Waals surface area (Å²) in [6.07, 6.45) is 3.71. The van der Waals surface area contributed by atoms with Crippen LogP contribution in [0.25, 0.3) is 0 Å². The van der Waals surface area contributed by atoms with Gasteiger partial charge >= 0.3 is 12.1 Å². The number of hydrogen-bond acceptors (Lipinski definition) is 3. The Bertz CT molecular complexity index is 748. The molecule has 0 aliphatic rings. The summed E-state index contributed by atoms with van der Waals surface area (Å²) in [5.41, 5.74) is 2.77. The molecule has 3 amide bonds. The van der Waals surface area contributed by atoms with Crippen LogP contribution in [0.4, 0.5) is 26.7 Å². The molecule has 0 atom stereocenters. The van der Waals surface area contributed by atoms with Crippen LogP contribution in [0.2, 0.25) is 0 Å². The Balaban J connectivity index is 1.87. The average Bonchev–Trinajstić information content (AvgIpc) is 2.65. The minimum absolute atomic E-state index is 0.347. The predicted octanol–water partition coefficient (Wildman–Crippen LogP) is 5.77. The largest absolute Gasteiger partial charge is 0.449 e. The van der Waals surface area contributed by atoms with Gasteiger partial charge in [-0.1, -0.05) is 50.5 Å². The summed E-state index contributed by atoms with van der Waals surface area (Å²) >= 11 is 0. The van der Waals surface area contributed by atoms with E-state index in [0.29, 0.717) is 23.7 Å². The summed E-state index contributed by atoms with van der Waals surface area (Å²) < 4.78 is 5.17. The van der Waals surface area contributed by atoms with Gasteiger partial charge in [-0.2, -0.15) is 0 Å². The third-order valence-electron chi connectivity index (χ3n) is 3.99. The van der Waals surface area contributed by atoms with Gasteiger partial charge in [-0.25, -0.2) is 9.59 Å². The highest BCUT2D eigenvalue weighted by atomic mass is 16.5. The van der Waals surface area contributed by atoms with Crippen LogP contribution >= 0.6 is 0 Å². The summed E-state index contributed by atoms with van der Waals surface area (Å²) in [4.78, 5) is 24.0. The molecule has 0 aromatic heterocycles. The third kappa shape index (κ3) is 7.40. The number of urea groups is 1. The van der Waals surface area contributed by atoms with Crippen molar-refractivity contribution in [3.05, 3.63) is 54.1 Å². The first-order chi connectivity index (χ1) is 13.1. The standard InChI is InChI=1S/C21H27N3O3/c1-3-4-5-9-14-27-21(26)23-18-13-12-16(2)19(15-18)24-20(25)22-17-10-7-6-8-11-17/h6-8,10-13,15H,3-5,9,14H2,1-2H3,(H,23,26)(H2,22,24,25). The van der Waals surface area contributed by atoms with Gasteiger partial charge in [0, 0.05) is 17.1 Å². The zero-order valence-corrected chi connectivity index (χ0v) is 15.9. The third-order valence-corrected chi connectivity index (χ3v) is 3.99. The number of para-hydroxylation sites is 1. The molecule has 2 aromatic rings. The summed E-state index contributed by atoms with van der Waals surface area (Å²) in [7, 11) is 0. The number of aryl methyl sites for hydroxylation is 1. The zero-order chi connectivity index (χ0) is 19.5. The highest BCUT2D eigenvalue weighted by Crippen LogP contribution is 2.21. The van der Waals surface area contributed by atoms with E-state index in [-0.39, 0.29) is 6.03 Å². The monoisotopic (exact) mass is 369 g/mol. The van der Waals surface area contributed by atoms with Gasteiger partial charge in [0.1, 0.15) is 0 Å². The summed E-state index contributed by atoms with van der Waals surface area (Å²) in [6.45, 7) is 4.42. The molecule has 0 spiro atoms. The van der Waals surface area contributed by atoms with Crippen LogP contribution in [-0.4, -0.2) is 18.7 Å². The number of hydrogen-bond donors (Lipinski definition) is 3. The fourth-order valence-corrected chi connectivity index (χ4v) is 2.49. The van der Waals surface area contributed by atoms with E-state index in [0.717, 1.165) is 31.2 Å². The summed E-state index contributed by atoms with van der Waals surface area (Å²) in [5, 5.41) is 8.25. The fraction of sp³-hybridized carbons (Fsp3) is 0.333. The summed E-state index contributed by atoms with van der Waals surface area (Å²) in [6, 6.07) is 14.1. The molecule has 6 heteroatoms. The van der Waals surface area contributed by atoms with E-state index in [2.05, 4.69) is 22.9 Å². The lowest BCUT2D eigenvalue weighted by atomic mass is 10.2. The number of carbonyl (C=O) groups excluding carboxylic acids is 2. The molecule has 27 heavy (non-hydrogen) atoms. The molecule has 144 valence electrons. The molecule has 0 fully saturated rings. The fourth-order valence-electron chi connectivity index (χ4n) is 2.49. The lowest BCUT2D eigenvalue weighted by Gasteiger charge is -2.12. The number of anilines is 3. The molecule has 0 radical (unpaired) electrons. The molecule has 0 bridgehead atoms. The first-order valence-electron chi connectivity index (χ1n) is 9.26. The van der Waals surface area contributed by atoms with E-state index in [4.69, 9.17) is 4.74 Å². The topological polar surface area (TPSA) is 79.5 Å². The number of benzene rings is 2. The van der Waals surface area contributed by atoms with Crippen LogP contribution in [-0.2, 0) is 4.74 Å². The second-order valence-corrected chi connectivity index (χ2v) is 6.30. The number of amides is 3. The van der Waals surface area contributed by atoms with Gasteiger partial charge in [0.15, 0.2) is 0 Å². The Hall–Kier alpha value is -3.02. The maximum absolute atomic E-state index is 12.2. The van der Waals surface area contributed by atoms with Crippen LogP contribution in [0.3, 0.4) is 0 Å². The Kier molecular flexibility index (Phi) is 8.16. The second kappa shape index (κ2) is 10.9. The minimum atomic E-state index is -0.491. The predicted molar refractivity (Wildman–Crippen MR) is 109 cm³/mol. The van der Waals surface area contributed by atoms with Crippen LogP contribution in [0.5, 0.6) is 0 Å². The Labute approximate surface area is 160 Å². The van der Waals surface area contributed by atoms with Gasteiger partial charge in [-0.15, -0.1) is 0 Å². The average molecular weight is 369 g/mol. The number of unbranched alkanes of at least 4 members (excludes halogenated alkanes) is 3. The minimum Gasteiger partial charge on any atom is -0.449 e. The van der Waals surface area contributed by atoms with Crippen LogP contribution < -0.4 is 16.0 Å². The molecule has 2 rings (SSSR count). The maximum atomic E-state index is 12.2. The molecule has 0 heterocycles. The quantitative estimate of drug-likeness (QED) is 0.517. The van der Waals surface area contributed by atoms with E-state index in [9.17, 15) is 9.59 Å². The van der Waals surface area contributed by atoms with E-state index >= 15 is 0 Å². The maximum Gasteiger partial charge on any atom is 0.411 e.